The van der Waals surface area contributed by atoms with E-state index in [1.807, 2.05) is 50.1 Å². The lowest BCUT2D eigenvalue weighted by Crippen LogP contribution is -2.47. The molecule has 0 bridgehead atoms. The molecule has 0 radical (unpaired) electrons. The summed E-state index contributed by atoms with van der Waals surface area (Å²) in [6.07, 6.45) is -3.66. The first-order valence-corrected chi connectivity index (χ1v) is 11.3. The van der Waals surface area contributed by atoms with Crippen LogP contribution in [0.3, 0.4) is 0 Å². The molecule has 0 aliphatic carbocycles. The molecule has 0 amide bonds. The lowest BCUT2D eigenvalue weighted by atomic mass is 10.00. The number of alkyl halides is 3. The molecule has 0 N–H and O–H groups in total. The Labute approximate surface area is 196 Å². The van der Waals surface area contributed by atoms with Crippen molar-refractivity contribution in [1.29, 1.82) is 0 Å². The van der Waals surface area contributed by atoms with Crippen molar-refractivity contribution in [3.8, 4) is 0 Å². The number of hydrogen-bond acceptors (Lipinski definition) is 3. The Morgan fingerprint density at radius 2 is 1.42 bits per heavy atom. The molecule has 0 spiro atoms. The standard InChI is InChI=1S/C26H37F4N3/c1-19(2)12-20-8-7-9-21(13-20)15-33(24(17-31(3)4)18-32(5)6)16-22-10-11-23(27)14-25(22)26(28,29)30/h7-11,13-14,19,24H,12,15-18H2,1-6H3. The van der Waals surface area contributed by atoms with Gasteiger partial charge in [0.15, 0.2) is 0 Å². The maximum Gasteiger partial charge on any atom is 0.416 e. The van der Waals surface area contributed by atoms with Crippen molar-refractivity contribution < 1.29 is 17.6 Å². The molecule has 0 aromatic heterocycles. The fourth-order valence-electron chi connectivity index (χ4n) is 4.18. The highest BCUT2D eigenvalue weighted by Crippen LogP contribution is 2.33. The van der Waals surface area contributed by atoms with Crippen molar-refractivity contribution in [2.45, 2.75) is 45.6 Å². The van der Waals surface area contributed by atoms with Crippen LogP contribution in [0.25, 0.3) is 0 Å². The van der Waals surface area contributed by atoms with Crippen LogP contribution in [0.4, 0.5) is 17.6 Å². The molecule has 0 fully saturated rings. The molecule has 33 heavy (non-hydrogen) atoms. The second-order valence-corrected chi connectivity index (χ2v) is 9.80. The lowest BCUT2D eigenvalue weighted by Gasteiger charge is -2.36. The minimum atomic E-state index is -4.61. The molecule has 0 heterocycles. The maximum atomic E-state index is 13.7. The van der Waals surface area contributed by atoms with Gasteiger partial charge in [-0.1, -0.05) is 44.2 Å². The van der Waals surface area contributed by atoms with Gasteiger partial charge >= 0.3 is 6.18 Å². The smallest absolute Gasteiger partial charge is 0.308 e. The molecule has 7 heteroatoms. The molecular weight excluding hydrogens is 430 g/mol. The van der Waals surface area contributed by atoms with E-state index in [0.717, 1.165) is 18.1 Å². The topological polar surface area (TPSA) is 9.72 Å². The van der Waals surface area contributed by atoms with E-state index in [4.69, 9.17) is 0 Å². The van der Waals surface area contributed by atoms with Crippen molar-refractivity contribution in [2.24, 2.45) is 5.92 Å². The Bertz CT molecular complexity index is 868. The number of rotatable bonds is 11. The SMILES string of the molecule is CC(C)Cc1cccc(CN(Cc2ccc(F)cc2C(F)(F)F)C(CN(C)C)CN(C)C)c1. The molecular formula is C26H37F4N3. The van der Waals surface area contributed by atoms with Gasteiger partial charge in [-0.2, -0.15) is 13.2 Å². The van der Waals surface area contributed by atoms with Gasteiger partial charge < -0.3 is 9.80 Å². The molecule has 0 aliphatic rings. The van der Waals surface area contributed by atoms with E-state index in [9.17, 15) is 17.6 Å². The third-order valence-corrected chi connectivity index (χ3v) is 5.44. The van der Waals surface area contributed by atoms with Gasteiger partial charge in [0.05, 0.1) is 5.56 Å². The van der Waals surface area contributed by atoms with Crippen LogP contribution in [0.15, 0.2) is 42.5 Å². The molecule has 184 valence electrons. The van der Waals surface area contributed by atoms with E-state index >= 15 is 0 Å². The van der Waals surface area contributed by atoms with Gasteiger partial charge in [-0.3, -0.25) is 4.90 Å². The van der Waals surface area contributed by atoms with Gasteiger partial charge in [0.2, 0.25) is 0 Å². The molecule has 0 saturated heterocycles. The zero-order valence-corrected chi connectivity index (χ0v) is 20.6. The summed E-state index contributed by atoms with van der Waals surface area (Å²) in [5, 5.41) is 0. The van der Waals surface area contributed by atoms with Crippen LogP contribution in [-0.2, 0) is 25.7 Å². The summed E-state index contributed by atoms with van der Waals surface area (Å²) in [6.45, 7) is 6.29. The van der Waals surface area contributed by atoms with E-state index in [1.54, 1.807) is 0 Å². The molecule has 2 rings (SSSR count). The summed E-state index contributed by atoms with van der Waals surface area (Å²) in [5.74, 6) is -0.364. The fraction of sp³-hybridized carbons (Fsp3) is 0.538. The monoisotopic (exact) mass is 467 g/mol. The predicted molar refractivity (Wildman–Crippen MR) is 127 cm³/mol. The Morgan fingerprint density at radius 1 is 0.818 bits per heavy atom. The van der Waals surface area contributed by atoms with E-state index in [-0.39, 0.29) is 18.2 Å². The first-order chi connectivity index (χ1) is 15.3. The molecule has 0 atom stereocenters. The Kier molecular flexibility index (Phi) is 9.88. The zero-order chi connectivity index (χ0) is 24.8. The van der Waals surface area contributed by atoms with E-state index in [0.29, 0.717) is 31.6 Å². The molecule has 0 aliphatic heterocycles. The van der Waals surface area contributed by atoms with Gasteiger partial charge in [0.1, 0.15) is 5.82 Å². The summed E-state index contributed by atoms with van der Waals surface area (Å²) in [5.41, 5.74) is 1.46. The van der Waals surface area contributed by atoms with Crippen molar-refractivity contribution >= 4 is 0 Å². The van der Waals surface area contributed by atoms with Crippen LogP contribution in [0, 0.1) is 11.7 Å². The van der Waals surface area contributed by atoms with E-state index in [1.165, 1.54) is 11.6 Å². The van der Waals surface area contributed by atoms with Crippen molar-refractivity contribution in [3.05, 3.63) is 70.5 Å². The van der Waals surface area contributed by atoms with Crippen molar-refractivity contribution in [3.63, 3.8) is 0 Å². The highest BCUT2D eigenvalue weighted by atomic mass is 19.4. The number of benzene rings is 2. The molecule has 2 aromatic rings. The van der Waals surface area contributed by atoms with Gasteiger partial charge in [0, 0.05) is 32.2 Å². The molecule has 2 aromatic carbocycles. The highest BCUT2D eigenvalue weighted by molar-refractivity contribution is 5.31. The average molecular weight is 468 g/mol. The van der Waals surface area contributed by atoms with Crippen LogP contribution in [0.1, 0.15) is 36.1 Å². The lowest BCUT2D eigenvalue weighted by molar-refractivity contribution is -0.138. The van der Waals surface area contributed by atoms with Gasteiger partial charge in [-0.05, 0) is 69.4 Å². The fourth-order valence-corrected chi connectivity index (χ4v) is 4.18. The molecule has 0 unspecified atom stereocenters. The van der Waals surface area contributed by atoms with Crippen molar-refractivity contribution in [1.82, 2.24) is 14.7 Å². The van der Waals surface area contributed by atoms with Crippen LogP contribution in [0.2, 0.25) is 0 Å². The van der Waals surface area contributed by atoms with Crippen LogP contribution < -0.4 is 0 Å². The predicted octanol–water partition coefficient (Wildman–Crippen LogP) is 5.54. The van der Waals surface area contributed by atoms with E-state index in [2.05, 4.69) is 30.9 Å². The van der Waals surface area contributed by atoms with Crippen LogP contribution >= 0.6 is 0 Å². The Morgan fingerprint density at radius 3 is 1.97 bits per heavy atom. The largest absolute Gasteiger partial charge is 0.416 e. The van der Waals surface area contributed by atoms with Gasteiger partial charge in [-0.25, -0.2) is 4.39 Å². The normalized spacial score (nSPS) is 12.7. The Balaban J connectivity index is 2.45. The second kappa shape index (κ2) is 12.0. The molecule has 0 saturated carbocycles. The minimum Gasteiger partial charge on any atom is -0.308 e. The molecule has 3 nitrogen and oxygen atoms in total. The third-order valence-electron chi connectivity index (χ3n) is 5.44. The van der Waals surface area contributed by atoms with Crippen LogP contribution in [0.5, 0.6) is 0 Å². The Hall–Kier alpha value is -1.96. The summed E-state index contributed by atoms with van der Waals surface area (Å²) in [6, 6.07) is 11.2. The first kappa shape index (κ1) is 27.3. The van der Waals surface area contributed by atoms with Gasteiger partial charge in [0.25, 0.3) is 0 Å². The van der Waals surface area contributed by atoms with Crippen LogP contribution in [-0.4, -0.2) is 62.0 Å². The zero-order valence-electron chi connectivity index (χ0n) is 20.6. The maximum absolute atomic E-state index is 13.7. The number of halogens is 4. The number of nitrogens with zero attached hydrogens (tertiary/aromatic N) is 3. The summed E-state index contributed by atoms with van der Waals surface area (Å²) in [4.78, 5) is 6.17. The summed E-state index contributed by atoms with van der Waals surface area (Å²) >= 11 is 0. The van der Waals surface area contributed by atoms with Crippen molar-refractivity contribution in [2.75, 3.05) is 41.3 Å². The van der Waals surface area contributed by atoms with Gasteiger partial charge in [-0.15, -0.1) is 0 Å². The number of hydrogen-bond donors (Lipinski definition) is 0. The number of likely N-dealkylation sites (N-methyl/N-ethyl adjacent to an activating group) is 2. The first-order valence-electron chi connectivity index (χ1n) is 11.3. The minimum absolute atomic E-state index is 0.0186. The second-order valence-electron chi connectivity index (χ2n) is 9.80. The summed E-state index contributed by atoms with van der Waals surface area (Å²) < 4.78 is 54.8. The quantitative estimate of drug-likeness (QED) is 0.402. The summed E-state index contributed by atoms with van der Waals surface area (Å²) in [7, 11) is 7.85. The average Bonchev–Trinajstić information content (AvgIpc) is 2.66. The van der Waals surface area contributed by atoms with E-state index < -0.39 is 17.6 Å². The third kappa shape index (κ3) is 9.07. The highest BCUT2D eigenvalue weighted by Gasteiger charge is 2.34.